The van der Waals surface area contributed by atoms with Crippen LogP contribution in [-0.4, -0.2) is 0 Å². The van der Waals surface area contributed by atoms with E-state index in [2.05, 4.69) is 0 Å². The van der Waals surface area contributed by atoms with Gasteiger partial charge in [-0.25, -0.2) is 0 Å². The summed E-state index contributed by atoms with van der Waals surface area (Å²) in [4.78, 5) is 6.16. The van der Waals surface area contributed by atoms with E-state index in [0.29, 0.717) is 34.1 Å². The molecule has 0 spiro atoms. The SMILES string of the molecule is FC(F)(F)c1ccc(N(c2ccc(C(F)(F)F)cc2N(c2ccccc2)c2ccccc2)c2ccc(C(F)(F)F)cc2N(c2ccccc2)c2ccccc2)c(N(c2ccccc2)c2ccccc2)c1. The number of anilines is 12. The predicted octanol–water partition coefficient (Wildman–Crippen LogP) is 18.6. The van der Waals surface area contributed by atoms with Gasteiger partial charge in [0.2, 0.25) is 0 Å². The zero-order valence-electron chi connectivity index (χ0n) is 36.7. The third-order valence-electron chi connectivity index (χ3n) is 11.4. The second-order valence-electron chi connectivity index (χ2n) is 16.0. The van der Waals surface area contributed by atoms with Crippen LogP contribution in [0.5, 0.6) is 0 Å². The number of alkyl halides is 9. The molecule has 0 saturated heterocycles. The van der Waals surface area contributed by atoms with Crippen molar-refractivity contribution in [1.29, 1.82) is 0 Å². The molecule has 0 aliphatic rings. The average Bonchev–Trinajstić information content (AvgIpc) is 3.36. The quantitative estimate of drug-likeness (QED) is 0.113. The molecule has 0 N–H and O–H groups in total. The second-order valence-corrected chi connectivity index (χ2v) is 16.0. The van der Waals surface area contributed by atoms with Crippen LogP contribution in [0.25, 0.3) is 0 Å². The van der Waals surface area contributed by atoms with Gasteiger partial charge in [-0.3, -0.25) is 0 Å². The summed E-state index contributed by atoms with van der Waals surface area (Å²) in [6.07, 6.45) is -14.7. The van der Waals surface area contributed by atoms with Gasteiger partial charge in [0.05, 0.1) is 50.8 Å². The largest absolute Gasteiger partial charge is 0.416 e. The molecule has 9 aromatic carbocycles. The van der Waals surface area contributed by atoms with Crippen LogP contribution < -0.4 is 19.6 Å². The molecule has 0 aliphatic carbocycles. The summed E-state index contributed by atoms with van der Waals surface area (Å²) >= 11 is 0. The Kier molecular flexibility index (Phi) is 12.8. The molecule has 4 nitrogen and oxygen atoms in total. The molecule has 13 heteroatoms. The van der Waals surface area contributed by atoms with Gasteiger partial charge >= 0.3 is 18.5 Å². The number of para-hydroxylation sites is 6. The molecule has 0 fully saturated rings. The molecule has 0 amide bonds. The van der Waals surface area contributed by atoms with Crippen molar-refractivity contribution in [3.63, 3.8) is 0 Å². The molecule has 0 unspecified atom stereocenters. The first-order valence-electron chi connectivity index (χ1n) is 21.8. The van der Waals surface area contributed by atoms with E-state index in [1.165, 1.54) is 23.1 Å². The van der Waals surface area contributed by atoms with Crippen molar-refractivity contribution in [2.75, 3.05) is 19.6 Å². The Labute approximate surface area is 398 Å². The van der Waals surface area contributed by atoms with E-state index in [1.54, 1.807) is 197 Å². The van der Waals surface area contributed by atoms with Crippen LogP contribution in [0.2, 0.25) is 0 Å². The summed E-state index contributed by atoms with van der Waals surface area (Å²) in [6, 6.07) is 60.1. The molecular weight excluding hydrogens is 912 g/mol. The van der Waals surface area contributed by atoms with Gasteiger partial charge < -0.3 is 19.6 Å². The molecule has 0 radical (unpaired) electrons. The number of nitrogens with zero attached hydrogens (tertiary/aromatic N) is 4. The molecule has 350 valence electrons. The van der Waals surface area contributed by atoms with Crippen LogP contribution in [0.15, 0.2) is 237 Å². The summed E-state index contributed by atoms with van der Waals surface area (Å²) in [5.74, 6) is 0. The molecule has 0 bridgehead atoms. The van der Waals surface area contributed by atoms with Crippen molar-refractivity contribution in [2.45, 2.75) is 18.5 Å². The van der Waals surface area contributed by atoms with Crippen LogP contribution in [0.1, 0.15) is 16.7 Å². The first kappa shape index (κ1) is 46.7. The molecule has 0 aromatic heterocycles. The topological polar surface area (TPSA) is 13.0 Å². The Morgan fingerprint density at radius 3 is 0.557 bits per heavy atom. The molecule has 9 rings (SSSR count). The second kappa shape index (κ2) is 19.3. The number of rotatable bonds is 12. The summed E-state index contributed by atoms with van der Waals surface area (Å²) in [6.45, 7) is 0. The smallest absolute Gasteiger partial charge is 0.308 e. The molecule has 0 aliphatic heterocycles. The summed E-state index contributed by atoms with van der Waals surface area (Å²) in [7, 11) is 0. The van der Waals surface area contributed by atoms with Crippen molar-refractivity contribution in [3.05, 3.63) is 253 Å². The molecule has 0 heterocycles. The minimum atomic E-state index is -4.90. The van der Waals surface area contributed by atoms with Gasteiger partial charge in [-0.05, 0) is 127 Å². The van der Waals surface area contributed by atoms with E-state index in [-0.39, 0.29) is 34.1 Å². The van der Waals surface area contributed by atoms with Crippen molar-refractivity contribution < 1.29 is 39.5 Å². The zero-order valence-corrected chi connectivity index (χ0v) is 36.7. The third kappa shape index (κ3) is 9.77. The maximum atomic E-state index is 15.2. The number of hydrogen-bond donors (Lipinski definition) is 0. The predicted molar refractivity (Wildman–Crippen MR) is 260 cm³/mol. The Bertz CT molecular complexity index is 2710. The molecular formula is C57H39F9N4. The molecule has 70 heavy (non-hydrogen) atoms. The summed E-state index contributed by atoms with van der Waals surface area (Å²) in [5.41, 5.74) is -1.21. The average molecular weight is 951 g/mol. The van der Waals surface area contributed by atoms with Gasteiger partial charge in [-0.15, -0.1) is 0 Å². The lowest BCUT2D eigenvalue weighted by molar-refractivity contribution is -0.138. The Hall–Kier alpha value is -8.45. The van der Waals surface area contributed by atoms with Crippen LogP contribution in [0, 0.1) is 0 Å². The van der Waals surface area contributed by atoms with Gasteiger partial charge in [0.1, 0.15) is 0 Å². The number of benzene rings is 9. The highest BCUT2D eigenvalue weighted by atomic mass is 19.4. The lowest BCUT2D eigenvalue weighted by atomic mass is 10.0. The monoisotopic (exact) mass is 950 g/mol. The zero-order chi connectivity index (χ0) is 49.0. The van der Waals surface area contributed by atoms with Gasteiger partial charge in [-0.1, -0.05) is 109 Å². The minimum absolute atomic E-state index is 0.0372. The van der Waals surface area contributed by atoms with Gasteiger partial charge in [0, 0.05) is 34.1 Å². The maximum Gasteiger partial charge on any atom is 0.416 e. The fourth-order valence-corrected chi connectivity index (χ4v) is 8.34. The van der Waals surface area contributed by atoms with E-state index in [1.807, 2.05) is 0 Å². The lowest BCUT2D eigenvalue weighted by Gasteiger charge is -2.39. The highest BCUT2D eigenvalue weighted by Gasteiger charge is 2.38. The van der Waals surface area contributed by atoms with Crippen LogP contribution in [0.3, 0.4) is 0 Å². The lowest BCUT2D eigenvalue weighted by Crippen LogP contribution is -2.23. The molecule has 0 atom stereocenters. The fourth-order valence-electron chi connectivity index (χ4n) is 8.34. The van der Waals surface area contributed by atoms with E-state index in [9.17, 15) is 0 Å². The fraction of sp³-hybridized carbons (Fsp3) is 0.0526. The number of hydrogen-bond acceptors (Lipinski definition) is 4. The van der Waals surface area contributed by atoms with E-state index < -0.39 is 35.2 Å². The highest BCUT2D eigenvalue weighted by molar-refractivity contribution is 6.01. The standard InChI is InChI=1S/C57H39F9N4/c58-55(59,60)40-31-34-49(52(37-40)67(43-19-7-1-8-20-43)44-21-9-2-10-22-44)70(50-35-32-41(56(61,62)63)38-53(50)68(45-23-11-3-12-24-45)46-25-13-4-14-26-46)51-36-33-42(57(64,65)66)39-54(51)69(47-27-15-5-16-28-47)48-29-17-6-18-30-48/h1-39H. The van der Waals surface area contributed by atoms with Crippen LogP contribution >= 0.6 is 0 Å². The molecule has 0 saturated carbocycles. The first-order chi connectivity index (χ1) is 33.7. The van der Waals surface area contributed by atoms with Crippen LogP contribution in [0.4, 0.5) is 108 Å². The van der Waals surface area contributed by atoms with Crippen molar-refractivity contribution >= 4 is 68.2 Å². The Morgan fingerprint density at radius 2 is 0.386 bits per heavy atom. The van der Waals surface area contributed by atoms with Crippen molar-refractivity contribution in [2.24, 2.45) is 0 Å². The normalized spacial score (nSPS) is 11.8. The Morgan fingerprint density at radius 1 is 0.200 bits per heavy atom. The summed E-state index contributed by atoms with van der Waals surface area (Å²) in [5, 5.41) is 0. The van der Waals surface area contributed by atoms with E-state index in [4.69, 9.17) is 0 Å². The summed E-state index contributed by atoms with van der Waals surface area (Å²) < 4.78 is 136. The maximum absolute atomic E-state index is 15.2. The van der Waals surface area contributed by atoms with E-state index in [0.717, 1.165) is 36.4 Å². The Balaban J connectivity index is 1.48. The van der Waals surface area contributed by atoms with Gasteiger partial charge in [-0.2, -0.15) is 39.5 Å². The van der Waals surface area contributed by atoms with Crippen molar-refractivity contribution in [3.8, 4) is 0 Å². The number of halogens is 9. The van der Waals surface area contributed by atoms with Crippen molar-refractivity contribution in [1.82, 2.24) is 0 Å². The minimum Gasteiger partial charge on any atom is -0.308 e. The first-order valence-corrected chi connectivity index (χ1v) is 21.8. The highest BCUT2D eigenvalue weighted by Crippen LogP contribution is 2.55. The van der Waals surface area contributed by atoms with E-state index >= 15 is 39.5 Å². The van der Waals surface area contributed by atoms with Gasteiger partial charge in [0.25, 0.3) is 0 Å². The third-order valence-corrected chi connectivity index (χ3v) is 11.4. The van der Waals surface area contributed by atoms with Crippen LogP contribution in [-0.2, 0) is 18.5 Å². The molecule has 9 aromatic rings. The van der Waals surface area contributed by atoms with Gasteiger partial charge in [0.15, 0.2) is 0 Å².